The number of nitrogen functional groups attached to an aromatic ring is 1. The zero-order chi connectivity index (χ0) is 8.72. The van der Waals surface area contributed by atoms with E-state index in [0.29, 0.717) is 9.77 Å². The molecular formula is C6H7N4S2+. The largest absolute Gasteiger partial charge is 0.369 e. The van der Waals surface area contributed by atoms with Gasteiger partial charge in [-0.3, -0.25) is 4.98 Å². The standard InChI is InChI=1S/C6H6N4S2/c1-2-8-4(7)3-5(9-2)10-6(11)12-3/h1H3,(H3,7,8,9,10,11)/p+1. The SMILES string of the molecule is Cc1nc(N)c2sc(=S)[nH]c2[nH+]1. The van der Waals surface area contributed by atoms with E-state index in [9.17, 15) is 0 Å². The molecule has 4 nitrogen and oxygen atoms in total. The van der Waals surface area contributed by atoms with Crippen LogP contribution in [0, 0.1) is 10.9 Å². The summed E-state index contributed by atoms with van der Waals surface area (Å²) in [5, 5.41) is 0. The number of aryl methyl sites for hydroxylation is 1. The number of aromatic amines is 2. The number of nitrogens with two attached hydrogens (primary N) is 1. The highest BCUT2D eigenvalue weighted by atomic mass is 32.1. The topological polar surface area (TPSA) is 68.8 Å². The van der Waals surface area contributed by atoms with E-state index in [1.165, 1.54) is 11.3 Å². The van der Waals surface area contributed by atoms with Crippen LogP contribution in [-0.2, 0) is 0 Å². The quantitative estimate of drug-likeness (QED) is 0.623. The number of hydrogen-bond donors (Lipinski definition) is 2. The van der Waals surface area contributed by atoms with E-state index in [1.54, 1.807) is 0 Å². The molecule has 2 heterocycles. The molecule has 62 valence electrons. The first-order chi connectivity index (χ1) is 5.66. The highest BCUT2D eigenvalue weighted by molar-refractivity contribution is 7.73. The molecule has 2 rings (SSSR count). The van der Waals surface area contributed by atoms with Gasteiger partial charge < -0.3 is 5.73 Å². The number of nitrogens with zero attached hydrogens (tertiary/aromatic N) is 1. The molecule has 0 saturated carbocycles. The maximum Gasteiger partial charge on any atom is 0.248 e. The van der Waals surface area contributed by atoms with E-state index in [2.05, 4.69) is 15.0 Å². The van der Waals surface area contributed by atoms with Crippen molar-refractivity contribution in [2.45, 2.75) is 6.92 Å². The van der Waals surface area contributed by atoms with Gasteiger partial charge in [-0.05, 0) is 12.2 Å². The number of hydrogen-bond acceptors (Lipinski definition) is 4. The predicted molar refractivity (Wildman–Crippen MR) is 50.5 cm³/mol. The monoisotopic (exact) mass is 199 g/mol. The summed E-state index contributed by atoms with van der Waals surface area (Å²) >= 11 is 6.40. The van der Waals surface area contributed by atoms with Crippen LogP contribution in [0.1, 0.15) is 5.82 Å². The number of aromatic nitrogens is 3. The highest BCUT2D eigenvalue weighted by Gasteiger charge is 2.10. The Balaban J connectivity index is 2.97. The van der Waals surface area contributed by atoms with E-state index in [4.69, 9.17) is 18.0 Å². The molecule has 0 aliphatic heterocycles. The number of anilines is 1. The summed E-state index contributed by atoms with van der Waals surface area (Å²) in [6.07, 6.45) is 0. The van der Waals surface area contributed by atoms with Gasteiger partial charge in [-0.15, -0.1) is 0 Å². The third-order valence-corrected chi connectivity index (χ3v) is 2.73. The lowest BCUT2D eigenvalue weighted by Crippen LogP contribution is -2.12. The third kappa shape index (κ3) is 1.09. The Morgan fingerprint density at radius 2 is 2.42 bits per heavy atom. The normalized spacial score (nSPS) is 10.8. The van der Waals surface area contributed by atoms with Gasteiger partial charge in [0.25, 0.3) is 0 Å². The Kier molecular flexibility index (Phi) is 1.59. The van der Waals surface area contributed by atoms with Gasteiger partial charge in [0.15, 0.2) is 4.70 Å². The third-order valence-electron chi connectivity index (χ3n) is 1.48. The van der Waals surface area contributed by atoms with E-state index in [1.807, 2.05) is 6.92 Å². The average molecular weight is 199 g/mol. The van der Waals surface area contributed by atoms with Crippen LogP contribution in [0.15, 0.2) is 0 Å². The minimum atomic E-state index is 0.526. The molecule has 0 unspecified atom stereocenters. The van der Waals surface area contributed by atoms with Crippen LogP contribution in [-0.4, -0.2) is 9.97 Å². The van der Waals surface area contributed by atoms with Crippen LogP contribution >= 0.6 is 23.6 Å². The highest BCUT2D eigenvalue weighted by Crippen LogP contribution is 2.20. The van der Waals surface area contributed by atoms with Crippen molar-refractivity contribution in [1.82, 2.24) is 9.97 Å². The fourth-order valence-electron chi connectivity index (χ4n) is 1.04. The van der Waals surface area contributed by atoms with E-state index >= 15 is 0 Å². The molecule has 12 heavy (non-hydrogen) atoms. The first-order valence-electron chi connectivity index (χ1n) is 3.35. The van der Waals surface area contributed by atoms with Crippen molar-refractivity contribution < 1.29 is 4.98 Å². The molecule has 0 bridgehead atoms. The fraction of sp³-hybridized carbons (Fsp3) is 0.167. The molecule has 4 N–H and O–H groups in total. The summed E-state index contributed by atoms with van der Waals surface area (Å²) in [7, 11) is 0. The minimum Gasteiger partial charge on any atom is -0.369 e. The maximum atomic E-state index is 5.68. The predicted octanol–water partition coefficient (Wildman–Crippen LogP) is 1.06. The molecule has 2 aromatic heterocycles. The van der Waals surface area contributed by atoms with Crippen molar-refractivity contribution in [3.05, 3.63) is 9.78 Å². The molecule has 0 saturated heterocycles. The molecule has 0 amide bonds. The number of rotatable bonds is 0. The summed E-state index contributed by atoms with van der Waals surface area (Å²) < 4.78 is 1.60. The number of fused-ring (bicyclic) bond motifs is 1. The van der Waals surface area contributed by atoms with E-state index < -0.39 is 0 Å². The van der Waals surface area contributed by atoms with Gasteiger partial charge in [0, 0.05) is 6.92 Å². The average Bonchev–Trinajstić information content (AvgIpc) is 2.29. The first kappa shape index (κ1) is 7.63. The minimum absolute atomic E-state index is 0.526. The second kappa shape index (κ2) is 2.49. The molecule has 2 aromatic rings. The molecule has 0 atom stereocenters. The van der Waals surface area contributed by atoms with Crippen LogP contribution in [0.4, 0.5) is 5.82 Å². The van der Waals surface area contributed by atoms with Gasteiger partial charge in [0.2, 0.25) is 21.2 Å². The lowest BCUT2D eigenvalue weighted by atomic mass is 10.5. The van der Waals surface area contributed by atoms with E-state index in [-0.39, 0.29) is 0 Å². The Hall–Kier alpha value is -1.01. The lowest BCUT2D eigenvalue weighted by molar-refractivity contribution is -0.362. The van der Waals surface area contributed by atoms with Gasteiger partial charge in [0.1, 0.15) is 0 Å². The molecular weight excluding hydrogens is 192 g/mol. The van der Waals surface area contributed by atoms with Gasteiger partial charge in [-0.25, -0.2) is 4.98 Å². The van der Waals surface area contributed by atoms with E-state index in [0.717, 1.165) is 16.2 Å². The summed E-state index contributed by atoms with van der Waals surface area (Å²) in [5.74, 6) is 1.31. The van der Waals surface area contributed by atoms with Crippen molar-refractivity contribution in [1.29, 1.82) is 0 Å². The Morgan fingerprint density at radius 3 is 3.17 bits per heavy atom. The fourth-order valence-corrected chi connectivity index (χ4v) is 2.08. The van der Waals surface area contributed by atoms with Crippen molar-refractivity contribution in [3.8, 4) is 0 Å². The molecule has 0 aromatic carbocycles. The molecule has 0 radical (unpaired) electrons. The van der Waals surface area contributed by atoms with Crippen LogP contribution in [0.3, 0.4) is 0 Å². The Morgan fingerprint density at radius 1 is 1.67 bits per heavy atom. The van der Waals surface area contributed by atoms with Crippen LogP contribution in [0.25, 0.3) is 10.3 Å². The van der Waals surface area contributed by atoms with Gasteiger partial charge >= 0.3 is 0 Å². The summed E-state index contributed by atoms with van der Waals surface area (Å²) in [6.45, 7) is 1.85. The number of thiazole rings is 1. The van der Waals surface area contributed by atoms with Crippen molar-refractivity contribution in [3.63, 3.8) is 0 Å². The lowest BCUT2D eigenvalue weighted by Gasteiger charge is -1.88. The van der Waals surface area contributed by atoms with Crippen molar-refractivity contribution in [2.24, 2.45) is 0 Å². The maximum absolute atomic E-state index is 5.68. The number of nitrogens with one attached hydrogen (secondary N) is 2. The molecule has 0 aliphatic rings. The van der Waals surface area contributed by atoms with Gasteiger partial charge in [0.05, 0.1) is 0 Å². The summed E-state index contributed by atoms with van der Waals surface area (Å²) in [6, 6.07) is 0. The molecule has 6 heteroatoms. The Labute approximate surface area is 77.5 Å². The molecule has 0 fully saturated rings. The van der Waals surface area contributed by atoms with Gasteiger partial charge in [-0.1, -0.05) is 16.3 Å². The zero-order valence-electron chi connectivity index (χ0n) is 6.34. The Bertz CT molecular complexity index is 484. The summed E-state index contributed by atoms with van der Waals surface area (Å²) in [4.78, 5) is 10.1. The second-order valence-corrected chi connectivity index (χ2v) is 4.11. The molecule has 0 aliphatic carbocycles. The van der Waals surface area contributed by atoms with Crippen molar-refractivity contribution in [2.75, 3.05) is 5.73 Å². The van der Waals surface area contributed by atoms with Crippen LogP contribution in [0.5, 0.6) is 0 Å². The summed E-state index contributed by atoms with van der Waals surface area (Å²) in [5.41, 5.74) is 6.54. The first-order valence-corrected chi connectivity index (χ1v) is 4.57. The number of H-pyrrole nitrogens is 2. The van der Waals surface area contributed by atoms with Gasteiger partial charge in [-0.2, -0.15) is 0 Å². The smallest absolute Gasteiger partial charge is 0.248 e. The zero-order valence-corrected chi connectivity index (χ0v) is 7.97. The second-order valence-electron chi connectivity index (χ2n) is 2.43. The van der Waals surface area contributed by atoms with Crippen LogP contribution < -0.4 is 10.7 Å². The van der Waals surface area contributed by atoms with Crippen LogP contribution in [0.2, 0.25) is 0 Å². The van der Waals surface area contributed by atoms with Crippen molar-refractivity contribution >= 4 is 39.7 Å². The molecule has 0 spiro atoms.